The Labute approximate surface area is 57.1 Å². The van der Waals surface area contributed by atoms with Crippen LogP contribution in [-0.4, -0.2) is 5.11 Å². The highest BCUT2D eigenvalue weighted by Gasteiger charge is 1.93. The van der Waals surface area contributed by atoms with Gasteiger partial charge in [-0.15, -0.1) is 0 Å². The molecule has 0 spiro atoms. The molecule has 0 amide bonds. The standard InChI is InChI=1S/C8H14O/c1-3-4-5-8(2)6-7-9/h8-9H,3-5H2,1-2H3. The Bertz CT molecular complexity index is 107. The third kappa shape index (κ3) is 5.23. The zero-order valence-corrected chi connectivity index (χ0v) is 6.15. The summed E-state index contributed by atoms with van der Waals surface area (Å²) in [5.74, 6) is 3.04. The van der Waals surface area contributed by atoms with Gasteiger partial charge in [-0.25, -0.2) is 0 Å². The van der Waals surface area contributed by atoms with Crippen LogP contribution in [0.4, 0.5) is 0 Å². The largest absolute Gasteiger partial charge is 0.462 e. The maximum Gasteiger partial charge on any atom is 0.107 e. The zero-order valence-electron chi connectivity index (χ0n) is 6.15. The van der Waals surface area contributed by atoms with Crippen molar-refractivity contribution in [1.82, 2.24) is 0 Å². The Morgan fingerprint density at radius 1 is 1.56 bits per heavy atom. The molecule has 0 aromatic carbocycles. The van der Waals surface area contributed by atoms with E-state index in [1.807, 2.05) is 13.0 Å². The third-order valence-electron chi connectivity index (χ3n) is 1.30. The van der Waals surface area contributed by atoms with Gasteiger partial charge in [-0.2, -0.15) is 0 Å². The molecule has 0 aliphatic rings. The normalized spacial score (nSPS) is 11.8. The van der Waals surface area contributed by atoms with Crippen LogP contribution in [0, 0.1) is 17.9 Å². The lowest BCUT2D eigenvalue weighted by Gasteiger charge is -1.98. The van der Waals surface area contributed by atoms with Crippen molar-refractivity contribution >= 4 is 0 Å². The quantitative estimate of drug-likeness (QED) is 0.574. The maximum absolute atomic E-state index is 8.17. The molecule has 1 atom stereocenters. The van der Waals surface area contributed by atoms with E-state index in [0.29, 0.717) is 5.92 Å². The summed E-state index contributed by atoms with van der Waals surface area (Å²) >= 11 is 0. The monoisotopic (exact) mass is 126 g/mol. The first kappa shape index (κ1) is 8.36. The Balaban J connectivity index is 3.23. The summed E-state index contributed by atoms with van der Waals surface area (Å²) in [5.41, 5.74) is 0. The van der Waals surface area contributed by atoms with Gasteiger partial charge in [0.25, 0.3) is 0 Å². The second-order valence-corrected chi connectivity index (χ2v) is 2.30. The Hall–Kier alpha value is -0.640. The van der Waals surface area contributed by atoms with E-state index >= 15 is 0 Å². The summed E-state index contributed by atoms with van der Waals surface area (Å²) in [6.07, 6.45) is 5.44. The molecule has 1 N–H and O–H groups in total. The molecule has 0 rings (SSSR count). The number of aliphatic hydroxyl groups is 1. The van der Waals surface area contributed by atoms with E-state index in [-0.39, 0.29) is 0 Å². The molecule has 0 saturated carbocycles. The summed E-state index contributed by atoms with van der Waals surface area (Å²) in [6, 6.07) is 0. The first-order chi connectivity index (χ1) is 4.31. The molecule has 0 fully saturated rings. The van der Waals surface area contributed by atoms with Gasteiger partial charge in [0.2, 0.25) is 0 Å². The molecule has 52 valence electrons. The zero-order chi connectivity index (χ0) is 7.11. The Morgan fingerprint density at radius 2 is 2.22 bits per heavy atom. The molecule has 9 heavy (non-hydrogen) atoms. The maximum atomic E-state index is 8.17. The molecule has 0 aliphatic carbocycles. The molecule has 0 aromatic rings. The van der Waals surface area contributed by atoms with Crippen molar-refractivity contribution in [3.63, 3.8) is 0 Å². The molecular weight excluding hydrogens is 112 g/mol. The van der Waals surface area contributed by atoms with E-state index < -0.39 is 0 Å². The van der Waals surface area contributed by atoms with E-state index in [0.717, 1.165) is 6.42 Å². The predicted octanol–water partition coefficient (Wildman–Crippen LogP) is 2.15. The summed E-state index contributed by atoms with van der Waals surface area (Å²) < 4.78 is 0. The van der Waals surface area contributed by atoms with Crippen LogP contribution < -0.4 is 0 Å². The van der Waals surface area contributed by atoms with Crippen LogP contribution in [0.2, 0.25) is 0 Å². The second kappa shape index (κ2) is 5.50. The number of rotatable bonds is 3. The Kier molecular flexibility index (Phi) is 5.11. The van der Waals surface area contributed by atoms with Crippen LogP contribution in [0.1, 0.15) is 33.1 Å². The molecule has 1 nitrogen and oxygen atoms in total. The van der Waals surface area contributed by atoms with E-state index in [1.54, 1.807) is 0 Å². The van der Waals surface area contributed by atoms with Gasteiger partial charge in [0.05, 0.1) is 0 Å². The summed E-state index contributed by atoms with van der Waals surface area (Å²) in [5, 5.41) is 8.17. The number of unbranched alkanes of at least 4 members (excludes halogenated alkanes) is 1. The van der Waals surface area contributed by atoms with Gasteiger partial charge in [0.1, 0.15) is 6.11 Å². The highest BCUT2D eigenvalue weighted by Crippen LogP contribution is 2.04. The molecular formula is C8H14O. The van der Waals surface area contributed by atoms with Crippen LogP contribution in [0.5, 0.6) is 0 Å². The topological polar surface area (TPSA) is 20.2 Å². The lowest BCUT2D eigenvalue weighted by atomic mass is 10.1. The van der Waals surface area contributed by atoms with Crippen molar-refractivity contribution in [3.8, 4) is 12.0 Å². The fraction of sp³-hybridized carbons (Fsp3) is 0.750. The minimum atomic E-state index is 0.356. The van der Waals surface area contributed by atoms with Crippen LogP contribution in [0.3, 0.4) is 0 Å². The van der Waals surface area contributed by atoms with Gasteiger partial charge in [0.15, 0.2) is 0 Å². The molecule has 0 radical (unpaired) electrons. The van der Waals surface area contributed by atoms with Crippen molar-refractivity contribution in [3.05, 3.63) is 0 Å². The third-order valence-corrected chi connectivity index (χ3v) is 1.30. The summed E-state index contributed by atoms with van der Waals surface area (Å²) in [4.78, 5) is 0. The van der Waals surface area contributed by atoms with Crippen molar-refractivity contribution in [1.29, 1.82) is 0 Å². The number of hydrogen-bond acceptors (Lipinski definition) is 1. The molecule has 0 heterocycles. The van der Waals surface area contributed by atoms with E-state index in [4.69, 9.17) is 5.11 Å². The van der Waals surface area contributed by atoms with E-state index in [1.165, 1.54) is 12.8 Å². The average Bonchev–Trinajstić information content (AvgIpc) is 1.85. The van der Waals surface area contributed by atoms with Gasteiger partial charge in [-0.3, -0.25) is 0 Å². The molecule has 0 aromatic heterocycles. The molecule has 0 aliphatic heterocycles. The van der Waals surface area contributed by atoms with E-state index in [2.05, 4.69) is 12.8 Å². The first-order valence-electron chi connectivity index (χ1n) is 3.45. The highest BCUT2D eigenvalue weighted by molar-refractivity contribution is 4.94. The number of aliphatic hydroxyl groups excluding tert-OH is 1. The summed E-state index contributed by atoms with van der Waals surface area (Å²) in [6.45, 7) is 4.18. The van der Waals surface area contributed by atoms with Crippen molar-refractivity contribution in [2.24, 2.45) is 5.92 Å². The molecule has 1 unspecified atom stereocenters. The fourth-order valence-electron chi connectivity index (χ4n) is 0.693. The minimum Gasteiger partial charge on any atom is -0.462 e. The lowest BCUT2D eigenvalue weighted by Crippen LogP contribution is -1.88. The molecule has 0 saturated heterocycles. The molecule has 1 heteroatoms. The highest BCUT2D eigenvalue weighted by atomic mass is 16.2. The van der Waals surface area contributed by atoms with Gasteiger partial charge in [0, 0.05) is 5.92 Å². The Morgan fingerprint density at radius 3 is 2.67 bits per heavy atom. The van der Waals surface area contributed by atoms with Crippen LogP contribution in [-0.2, 0) is 0 Å². The van der Waals surface area contributed by atoms with Gasteiger partial charge in [-0.05, 0) is 6.42 Å². The first-order valence-corrected chi connectivity index (χ1v) is 3.45. The minimum absolute atomic E-state index is 0.356. The van der Waals surface area contributed by atoms with Crippen molar-refractivity contribution < 1.29 is 5.11 Å². The fourth-order valence-corrected chi connectivity index (χ4v) is 0.693. The lowest BCUT2D eigenvalue weighted by molar-refractivity contribution is 0.510. The van der Waals surface area contributed by atoms with Gasteiger partial charge < -0.3 is 5.11 Å². The van der Waals surface area contributed by atoms with Crippen LogP contribution >= 0.6 is 0 Å². The average molecular weight is 126 g/mol. The SMILES string of the molecule is CCCCC(C)C#CO. The smallest absolute Gasteiger partial charge is 0.107 e. The predicted molar refractivity (Wildman–Crippen MR) is 38.4 cm³/mol. The van der Waals surface area contributed by atoms with Gasteiger partial charge >= 0.3 is 0 Å². The number of hydrogen-bond donors (Lipinski definition) is 1. The van der Waals surface area contributed by atoms with Crippen molar-refractivity contribution in [2.75, 3.05) is 0 Å². The van der Waals surface area contributed by atoms with E-state index in [9.17, 15) is 0 Å². The van der Waals surface area contributed by atoms with Gasteiger partial charge in [-0.1, -0.05) is 32.6 Å². The molecule has 0 bridgehead atoms. The summed E-state index contributed by atoms with van der Waals surface area (Å²) in [7, 11) is 0. The second-order valence-electron chi connectivity index (χ2n) is 2.30. The van der Waals surface area contributed by atoms with Crippen LogP contribution in [0.25, 0.3) is 0 Å². The van der Waals surface area contributed by atoms with Crippen molar-refractivity contribution in [2.45, 2.75) is 33.1 Å². The van der Waals surface area contributed by atoms with Crippen LogP contribution in [0.15, 0.2) is 0 Å².